The quantitative estimate of drug-likeness (QED) is 0.422. The second kappa shape index (κ2) is 11.3. The number of hydrogen-bond donors (Lipinski definition) is 0. The van der Waals surface area contributed by atoms with Gasteiger partial charge in [0.25, 0.3) is 0 Å². The Morgan fingerprint density at radius 3 is 2.29 bits per heavy atom. The fourth-order valence-corrected chi connectivity index (χ4v) is 4.43. The van der Waals surface area contributed by atoms with Gasteiger partial charge in [-0.05, 0) is 39.2 Å². The minimum Gasteiger partial charge on any atom is -0.496 e. The van der Waals surface area contributed by atoms with Crippen LogP contribution < -0.4 is 9.47 Å². The summed E-state index contributed by atoms with van der Waals surface area (Å²) in [6.45, 7) is 8.24. The van der Waals surface area contributed by atoms with Crippen molar-refractivity contribution in [3.63, 3.8) is 0 Å². The van der Waals surface area contributed by atoms with Crippen LogP contribution in [0.5, 0.6) is 11.5 Å². The molecule has 0 N–H and O–H groups in total. The van der Waals surface area contributed by atoms with Crippen molar-refractivity contribution < 1.29 is 33.3 Å². The van der Waals surface area contributed by atoms with Crippen molar-refractivity contribution in [2.24, 2.45) is 0 Å². The molecule has 0 radical (unpaired) electrons. The summed E-state index contributed by atoms with van der Waals surface area (Å²) in [7, 11) is 3.14. The Kier molecular flexibility index (Phi) is 8.41. The van der Waals surface area contributed by atoms with Gasteiger partial charge in [0, 0.05) is 43.7 Å². The largest absolute Gasteiger partial charge is 0.496 e. The monoisotopic (exact) mass is 474 g/mol. The van der Waals surface area contributed by atoms with Gasteiger partial charge >= 0.3 is 12.1 Å². The summed E-state index contributed by atoms with van der Waals surface area (Å²) in [5.74, 6) is 0.865. The van der Waals surface area contributed by atoms with Crippen LogP contribution in [0.3, 0.4) is 0 Å². The van der Waals surface area contributed by atoms with Crippen LogP contribution in [0.2, 0.25) is 0 Å². The Hall–Kier alpha value is -3.23. The molecule has 2 amide bonds. The van der Waals surface area contributed by atoms with Crippen molar-refractivity contribution >= 4 is 18.0 Å². The maximum Gasteiger partial charge on any atom is 0.409 e. The van der Waals surface area contributed by atoms with Crippen LogP contribution in [-0.4, -0.2) is 74.8 Å². The SMILES string of the molecule is CCOC(=O)N1CCN(C(=O)CCC(C)=CCc2c(OC)c(C)c3c(c2OC)C(=O)OC3)CC1. The predicted octanol–water partition coefficient (Wildman–Crippen LogP) is 3.25. The molecule has 0 atom stereocenters. The van der Waals surface area contributed by atoms with E-state index in [0.717, 1.165) is 22.3 Å². The van der Waals surface area contributed by atoms with Gasteiger partial charge in [-0.25, -0.2) is 9.59 Å². The smallest absolute Gasteiger partial charge is 0.409 e. The third-order valence-electron chi connectivity index (χ3n) is 6.38. The number of piperazine rings is 1. The number of esters is 1. The van der Waals surface area contributed by atoms with Gasteiger partial charge in [-0.1, -0.05) is 11.6 Å². The molecular weight excluding hydrogens is 440 g/mol. The molecule has 0 spiro atoms. The van der Waals surface area contributed by atoms with Gasteiger partial charge in [0.1, 0.15) is 23.7 Å². The van der Waals surface area contributed by atoms with Gasteiger partial charge < -0.3 is 28.7 Å². The van der Waals surface area contributed by atoms with E-state index in [1.54, 1.807) is 23.8 Å². The van der Waals surface area contributed by atoms with Crippen molar-refractivity contribution in [3.05, 3.63) is 33.9 Å². The third-order valence-corrected chi connectivity index (χ3v) is 6.38. The molecule has 0 unspecified atom stereocenters. The van der Waals surface area contributed by atoms with Gasteiger partial charge in [0.05, 0.1) is 20.8 Å². The first-order valence-electron chi connectivity index (χ1n) is 11.6. The maximum absolute atomic E-state index is 12.7. The number of cyclic esters (lactones) is 1. The molecule has 1 aromatic rings. The number of benzene rings is 1. The summed E-state index contributed by atoms with van der Waals surface area (Å²) >= 11 is 0. The van der Waals surface area contributed by atoms with Gasteiger partial charge in [-0.2, -0.15) is 0 Å². The Morgan fingerprint density at radius 2 is 1.68 bits per heavy atom. The van der Waals surface area contributed by atoms with Crippen LogP contribution in [0, 0.1) is 6.92 Å². The lowest BCUT2D eigenvalue weighted by Gasteiger charge is -2.34. The third kappa shape index (κ3) is 5.29. The first-order chi connectivity index (χ1) is 16.3. The van der Waals surface area contributed by atoms with Crippen LogP contribution in [0.4, 0.5) is 4.79 Å². The lowest BCUT2D eigenvalue weighted by molar-refractivity contribution is -0.132. The Bertz CT molecular complexity index is 978. The number of nitrogens with zero attached hydrogens (tertiary/aromatic N) is 2. The molecular formula is C25H34N2O7. The summed E-state index contributed by atoms with van der Waals surface area (Å²) < 4.78 is 21.5. The van der Waals surface area contributed by atoms with Crippen LogP contribution in [-0.2, 0) is 27.3 Å². The number of allylic oxidation sites excluding steroid dienone is 2. The van der Waals surface area contributed by atoms with E-state index in [2.05, 4.69) is 0 Å². The van der Waals surface area contributed by atoms with Gasteiger partial charge in [-0.15, -0.1) is 0 Å². The molecule has 2 aliphatic rings. The second-order valence-corrected chi connectivity index (χ2v) is 8.42. The predicted molar refractivity (Wildman–Crippen MR) is 125 cm³/mol. The Morgan fingerprint density at radius 1 is 1.03 bits per heavy atom. The highest BCUT2D eigenvalue weighted by molar-refractivity contribution is 5.98. The average molecular weight is 475 g/mol. The van der Waals surface area contributed by atoms with Crippen LogP contribution >= 0.6 is 0 Å². The molecule has 1 saturated heterocycles. The highest BCUT2D eigenvalue weighted by Crippen LogP contribution is 2.42. The van der Waals surface area contributed by atoms with Crippen molar-refractivity contribution in [3.8, 4) is 11.5 Å². The van der Waals surface area contributed by atoms with E-state index < -0.39 is 0 Å². The fourth-order valence-electron chi connectivity index (χ4n) is 4.43. The Labute approximate surface area is 200 Å². The van der Waals surface area contributed by atoms with Crippen LogP contribution in [0.15, 0.2) is 11.6 Å². The molecule has 186 valence electrons. The first kappa shape index (κ1) is 25.4. The zero-order valence-electron chi connectivity index (χ0n) is 20.7. The van der Waals surface area contributed by atoms with Gasteiger partial charge in [0.15, 0.2) is 0 Å². The van der Waals surface area contributed by atoms with E-state index in [9.17, 15) is 14.4 Å². The van der Waals surface area contributed by atoms with E-state index in [4.69, 9.17) is 18.9 Å². The molecule has 2 heterocycles. The summed E-state index contributed by atoms with van der Waals surface area (Å²) in [5.41, 5.74) is 4.00. The van der Waals surface area contributed by atoms with E-state index in [1.165, 1.54) is 7.11 Å². The summed E-state index contributed by atoms with van der Waals surface area (Å²) in [5, 5.41) is 0. The minimum absolute atomic E-state index is 0.0718. The molecule has 1 fully saturated rings. The number of hydrogen-bond acceptors (Lipinski definition) is 7. The molecule has 0 aliphatic carbocycles. The van der Waals surface area contributed by atoms with Crippen molar-refractivity contribution in [1.29, 1.82) is 0 Å². The number of ether oxygens (including phenoxy) is 4. The molecule has 34 heavy (non-hydrogen) atoms. The molecule has 9 heteroatoms. The lowest BCUT2D eigenvalue weighted by Crippen LogP contribution is -2.50. The Balaban J connectivity index is 1.62. The van der Waals surface area contributed by atoms with E-state index in [1.807, 2.05) is 19.9 Å². The zero-order valence-corrected chi connectivity index (χ0v) is 20.7. The number of methoxy groups -OCH3 is 2. The van der Waals surface area contributed by atoms with E-state index in [0.29, 0.717) is 69.1 Å². The molecule has 0 aromatic heterocycles. The normalized spacial score (nSPS) is 15.7. The topological polar surface area (TPSA) is 94.6 Å². The number of rotatable bonds is 8. The highest BCUT2D eigenvalue weighted by Gasteiger charge is 2.32. The molecule has 2 aliphatic heterocycles. The first-order valence-corrected chi connectivity index (χ1v) is 11.6. The molecule has 9 nitrogen and oxygen atoms in total. The lowest BCUT2D eigenvalue weighted by atomic mass is 9.94. The van der Waals surface area contributed by atoms with E-state index >= 15 is 0 Å². The number of amides is 2. The second-order valence-electron chi connectivity index (χ2n) is 8.42. The number of carbonyl (C=O) groups excluding carboxylic acids is 3. The van der Waals surface area contributed by atoms with Crippen molar-refractivity contribution in [2.45, 2.75) is 46.6 Å². The molecule has 0 saturated carbocycles. The number of fused-ring (bicyclic) bond motifs is 1. The van der Waals surface area contributed by atoms with Gasteiger partial charge in [0.2, 0.25) is 5.91 Å². The summed E-state index contributed by atoms with van der Waals surface area (Å²) in [4.78, 5) is 40.2. The maximum atomic E-state index is 12.7. The fraction of sp³-hybridized carbons (Fsp3) is 0.560. The van der Waals surface area contributed by atoms with Gasteiger partial charge in [-0.3, -0.25) is 4.79 Å². The standard InChI is InChI=1S/C25H34N2O7/c1-6-33-25(30)27-13-11-26(12-14-27)20(28)10-8-16(2)7-9-18-22(31-4)17(3)19-15-34-24(29)21(19)23(18)32-5/h7H,6,8-15H2,1-5H3. The van der Waals surface area contributed by atoms with Crippen LogP contribution in [0.1, 0.15) is 53.7 Å². The average Bonchev–Trinajstić information content (AvgIpc) is 3.23. The van der Waals surface area contributed by atoms with Crippen molar-refractivity contribution in [2.75, 3.05) is 47.0 Å². The van der Waals surface area contributed by atoms with E-state index in [-0.39, 0.29) is 24.6 Å². The highest BCUT2D eigenvalue weighted by atomic mass is 16.6. The minimum atomic E-state index is -0.381. The van der Waals surface area contributed by atoms with Crippen molar-refractivity contribution in [1.82, 2.24) is 9.80 Å². The molecule has 0 bridgehead atoms. The zero-order chi connectivity index (χ0) is 24.8. The summed E-state index contributed by atoms with van der Waals surface area (Å²) in [6, 6.07) is 0. The summed E-state index contributed by atoms with van der Waals surface area (Å²) in [6.07, 6.45) is 3.23. The van der Waals surface area contributed by atoms with Crippen LogP contribution in [0.25, 0.3) is 0 Å². The molecule has 3 rings (SSSR count). The molecule has 1 aromatic carbocycles. The number of carbonyl (C=O) groups is 3.